The minimum atomic E-state index is -3.67. The zero-order valence-electron chi connectivity index (χ0n) is 22.0. The Kier molecular flexibility index (Phi) is 12.0. The number of nitrogens with one attached hydrogen (secondary N) is 1. The van der Waals surface area contributed by atoms with Crippen molar-refractivity contribution in [1.29, 1.82) is 0 Å². The first-order chi connectivity index (χ1) is 18.6. The molecule has 3 rings (SSSR count). The van der Waals surface area contributed by atoms with Crippen LogP contribution in [0.1, 0.15) is 0 Å². The zero-order valence-corrected chi connectivity index (χ0v) is 25.4. The van der Waals surface area contributed by atoms with Crippen LogP contribution in [-0.4, -0.2) is 83.8 Å². The van der Waals surface area contributed by atoms with Crippen LogP contribution in [0.3, 0.4) is 0 Å². The highest BCUT2D eigenvalue weighted by Gasteiger charge is 2.42. The average molecular weight is 626 g/mol. The quantitative estimate of drug-likeness (QED) is 0.140. The Morgan fingerprint density at radius 1 is 0.769 bits per heavy atom. The summed E-state index contributed by atoms with van der Waals surface area (Å²) < 4.78 is 54.2. The van der Waals surface area contributed by atoms with Gasteiger partial charge in [-0.2, -0.15) is 19.5 Å². The van der Waals surface area contributed by atoms with Crippen LogP contribution in [0.4, 0.5) is 17.8 Å². The van der Waals surface area contributed by atoms with E-state index in [0.717, 1.165) is 5.46 Å². The number of aromatic nitrogens is 3. The number of hydrogen-bond donors (Lipinski definition) is 3. The fraction of sp³-hybridized carbons (Fsp3) is 0.500. The Morgan fingerprint density at radius 2 is 1.31 bits per heavy atom. The molecule has 1 aromatic carbocycles. The molecule has 0 bridgehead atoms. The topological polar surface area (TPSA) is 204 Å². The van der Waals surface area contributed by atoms with Crippen LogP contribution in [0.5, 0.6) is 5.75 Å². The van der Waals surface area contributed by atoms with E-state index in [2.05, 4.69) is 24.6 Å². The number of rotatable bonds is 16. The van der Waals surface area contributed by atoms with Crippen LogP contribution < -0.4 is 26.5 Å². The molecule has 0 amide bonds. The van der Waals surface area contributed by atoms with E-state index < -0.39 is 22.0 Å². The molecule has 16 nitrogen and oxygen atoms in total. The van der Waals surface area contributed by atoms with Gasteiger partial charge in [0.05, 0.1) is 39.6 Å². The van der Waals surface area contributed by atoms with Crippen molar-refractivity contribution in [3.8, 4) is 5.75 Å². The van der Waals surface area contributed by atoms with Crippen molar-refractivity contribution < 1.29 is 32.3 Å². The number of methoxy groups -OCH3 is 3. The Morgan fingerprint density at radius 3 is 1.85 bits per heavy atom. The number of nitrogens with two attached hydrogens (primary N) is 2. The lowest BCUT2D eigenvalue weighted by atomic mass is 9.97. The molecule has 21 heteroatoms. The fourth-order valence-corrected chi connectivity index (χ4v) is 13.3. The van der Waals surface area contributed by atoms with Crippen molar-refractivity contribution in [3.05, 3.63) is 24.3 Å². The Bertz CT molecular complexity index is 1240. The van der Waals surface area contributed by atoms with E-state index >= 15 is 0 Å². The SMILES string of the molecule is Bc1ccc(OP2(Nc3nc(N)nc(N)n3)=NP(Cl)(OCCOC)=NP(OCCOC)(OCCOC)=N2)cc1. The second-order valence-electron chi connectivity index (χ2n) is 7.65. The molecule has 216 valence electrons. The molecule has 2 atom stereocenters. The Labute approximate surface area is 232 Å². The van der Waals surface area contributed by atoms with Gasteiger partial charge in [0.25, 0.3) is 0 Å². The van der Waals surface area contributed by atoms with Crippen LogP contribution in [0.25, 0.3) is 0 Å². The van der Waals surface area contributed by atoms with Gasteiger partial charge in [0.1, 0.15) is 13.6 Å². The van der Waals surface area contributed by atoms with Gasteiger partial charge in [-0.15, -0.1) is 9.03 Å². The number of benzene rings is 1. The van der Waals surface area contributed by atoms with Gasteiger partial charge in [0.2, 0.25) is 17.8 Å². The summed E-state index contributed by atoms with van der Waals surface area (Å²) in [5, 5.41) is 3.03. The first-order valence-corrected chi connectivity index (χ1v) is 17.1. The lowest BCUT2D eigenvalue weighted by Gasteiger charge is -2.32. The second-order valence-corrected chi connectivity index (χ2v) is 15.3. The predicted octanol–water partition coefficient (Wildman–Crippen LogP) is 2.87. The van der Waals surface area contributed by atoms with E-state index in [9.17, 15) is 0 Å². The molecule has 1 aliphatic rings. The summed E-state index contributed by atoms with van der Waals surface area (Å²) in [6, 6.07) is 7.24. The van der Waals surface area contributed by atoms with Crippen molar-refractivity contribution in [2.45, 2.75) is 0 Å². The van der Waals surface area contributed by atoms with Crippen molar-refractivity contribution in [2.75, 3.05) is 77.5 Å². The highest BCUT2D eigenvalue weighted by atomic mass is 35.7. The van der Waals surface area contributed by atoms with Crippen molar-refractivity contribution >= 4 is 64.4 Å². The van der Waals surface area contributed by atoms with E-state index in [4.69, 9.17) is 64.0 Å². The first-order valence-electron chi connectivity index (χ1n) is 11.5. The Hall–Kier alpha value is -1.77. The van der Waals surface area contributed by atoms with Gasteiger partial charge < -0.3 is 43.8 Å². The van der Waals surface area contributed by atoms with Crippen molar-refractivity contribution in [1.82, 2.24) is 15.0 Å². The lowest BCUT2D eigenvalue weighted by molar-refractivity contribution is 0.118. The number of nitrogens with zero attached hydrogens (tertiary/aromatic N) is 6. The number of ether oxygens (including phenoxy) is 3. The van der Waals surface area contributed by atoms with Gasteiger partial charge in [0, 0.05) is 21.3 Å². The maximum absolute atomic E-state index is 6.98. The van der Waals surface area contributed by atoms with Gasteiger partial charge in [-0.3, -0.25) is 5.09 Å². The second kappa shape index (κ2) is 14.7. The first kappa shape index (κ1) is 31.8. The number of halogens is 1. The normalized spacial score (nSPS) is 21.8. The highest BCUT2D eigenvalue weighted by molar-refractivity contribution is 7.94. The summed E-state index contributed by atoms with van der Waals surface area (Å²) in [6.45, 7) is -2.62. The molecule has 0 saturated carbocycles. The van der Waals surface area contributed by atoms with E-state index in [1.165, 1.54) is 21.3 Å². The molecule has 5 N–H and O–H groups in total. The predicted molar refractivity (Wildman–Crippen MR) is 155 cm³/mol. The highest BCUT2D eigenvalue weighted by Crippen LogP contribution is 2.80. The molecule has 1 aliphatic heterocycles. The smallest absolute Gasteiger partial charge is 0.362 e. The summed E-state index contributed by atoms with van der Waals surface area (Å²) >= 11 is 6.98. The van der Waals surface area contributed by atoms with Crippen LogP contribution >= 0.6 is 33.3 Å². The third kappa shape index (κ3) is 9.68. The molecular weight excluding hydrogens is 593 g/mol. The summed E-state index contributed by atoms with van der Waals surface area (Å²) in [7, 11) is -0.697. The molecule has 0 spiro atoms. The maximum Gasteiger partial charge on any atom is 0.362 e. The molecule has 0 saturated heterocycles. The largest absolute Gasteiger partial charge is 0.427 e. The maximum atomic E-state index is 6.98. The summed E-state index contributed by atoms with van der Waals surface area (Å²) in [5.41, 5.74) is 12.6. The van der Waals surface area contributed by atoms with E-state index in [-0.39, 0.29) is 57.5 Å². The van der Waals surface area contributed by atoms with Gasteiger partial charge in [-0.25, -0.2) is 0 Å². The fourth-order valence-electron chi connectivity index (χ4n) is 2.84. The van der Waals surface area contributed by atoms with E-state index in [0.29, 0.717) is 5.75 Å². The molecule has 2 unspecified atom stereocenters. The minimum Gasteiger partial charge on any atom is -0.427 e. The van der Waals surface area contributed by atoms with Crippen LogP contribution in [0.15, 0.2) is 37.8 Å². The number of hydrogen-bond acceptors (Lipinski definition) is 16. The van der Waals surface area contributed by atoms with Gasteiger partial charge >= 0.3 is 22.0 Å². The molecule has 39 heavy (non-hydrogen) atoms. The minimum absolute atomic E-state index is 0.0539. The lowest BCUT2D eigenvalue weighted by Crippen LogP contribution is -2.13. The molecular formula is C18H32BClN9O7P3. The Balaban J connectivity index is 2.25. The van der Waals surface area contributed by atoms with Crippen LogP contribution in [-0.2, 0) is 27.8 Å². The van der Waals surface area contributed by atoms with Crippen molar-refractivity contribution in [2.24, 2.45) is 13.5 Å². The van der Waals surface area contributed by atoms with E-state index in [1.807, 2.05) is 20.0 Å². The van der Waals surface area contributed by atoms with Gasteiger partial charge in [-0.05, 0) is 23.4 Å². The third-order valence-electron chi connectivity index (χ3n) is 4.50. The third-order valence-corrected chi connectivity index (χ3v) is 14.0. The summed E-state index contributed by atoms with van der Waals surface area (Å²) in [6.07, 6.45) is 0. The molecule has 2 heterocycles. The monoisotopic (exact) mass is 625 g/mol. The van der Waals surface area contributed by atoms with Crippen LogP contribution in [0.2, 0.25) is 0 Å². The molecule has 0 aliphatic carbocycles. The van der Waals surface area contributed by atoms with Crippen LogP contribution in [0, 0.1) is 0 Å². The standard InChI is InChI=1S/C18H32BClN9O7P3/c1-30-8-11-33-37(20)27-38(36-15-6-4-14(19)5-7-15,26-18-24-16(21)23-17(22)25-18)29-39(28-37,34-12-9-31-2)35-13-10-32-3/h4-7H,8-13,19H2,1-3H3,(H5,21,22,23,24,25,26). The summed E-state index contributed by atoms with van der Waals surface area (Å²) in [4.78, 5) is 12.0. The van der Waals surface area contributed by atoms with Gasteiger partial charge in [0.15, 0.2) is 0 Å². The number of nitrogen functional groups attached to an aromatic ring is 2. The van der Waals surface area contributed by atoms with E-state index in [1.54, 1.807) is 12.1 Å². The zero-order chi connectivity index (χ0) is 28.4. The molecule has 2 aromatic rings. The molecule has 0 fully saturated rings. The van der Waals surface area contributed by atoms with Gasteiger partial charge in [-0.1, -0.05) is 17.6 Å². The molecule has 1 aromatic heterocycles. The summed E-state index contributed by atoms with van der Waals surface area (Å²) in [5.74, 6) is 0.106. The average Bonchev–Trinajstić information content (AvgIpc) is 2.85. The van der Waals surface area contributed by atoms with Crippen molar-refractivity contribution in [3.63, 3.8) is 0 Å². The molecule has 0 radical (unpaired) electrons. The number of anilines is 3.